The molecule has 1 saturated heterocycles. The van der Waals surface area contributed by atoms with Crippen LogP contribution >= 0.6 is 0 Å². The Hall–Kier alpha value is -4.36. The van der Waals surface area contributed by atoms with Gasteiger partial charge in [-0.1, -0.05) is 24.3 Å². The third-order valence-electron chi connectivity index (χ3n) is 7.06. The first kappa shape index (κ1) is 28.2. The SMILES string of the molecule is CNC[C@H]1CN(c2c(NC(=O)c3ccn(-c4ccnnc4)n3)ccc(-c3ccccc3F)c2C(F)(F)F)CCN1C. The minimum Gasteiger partial charge on any atom is -0.366 e. The summed E-state index contributed by atoms with van der Waals surface area (Å²) in [7, 11) is 3.69. The Kier molecular flexibility index (Phi) is 7.99. The molecule has 0 unspecified atom stereocenters. The monoisotopic (exact) mass is 568 g/mol. The van der Waals surface area contributed by atoms with Crippen molar-refractivity contribution < 1.29 is 22.4 Å². The lowest BCUT2D eigenvalue weighted by molar-refractivity contribution is -0.136. The number of piperazine rings is 1. The Labute approximate surface area is 233 Å². The van der Waals surface area contributed by atoms with Gasteiger partial charge >= 0.3 is 6.18 Å². The Morgan fingerprint density at radius 2 is 1.85 bits per heavy atom. The van der Waals surface area contributed by atoms with E-state index in [1.54, 1.807) is 18.0 Å². The zero-order valence-electron chi connectivity index (χ0n) is 22.4. The third-order valence-corrected chi connectivity index (χ3v) is 7.06. The number of rotatable bonds is 7. The van der Waals surface area contributed by atoms with Gasteiger partial charge in [0, 0.05) is 44.0 Å². The van der Waals surface area contributed by atoms with Crippen LogP contribution in [-0.4, -0.2) is 77.1 Å². The van der Waals surface area contributed by atoms with Crippen LogP contribution in [-0.2, 0) is 6.18 Å². The molecule has 1 amide bonds. The van der Waals surface area contributed by atoms with E-state index < -0.39 is 23.5 Å². The summed E-state index contributed by atoms with van der Waals surface area (Å²) in [5, 5.41) is 17.5. The topological polar surface area (TPSA) is 91.2 Å². The van der Waals surface area contributed by atoms with E-state index in [0.717, 1.165) is 6.07 Å². The smallest absolute Gasteiger partial charge is 0.366 e. The van der Waals surface area contributed by atoms with Crippen LogP contribution in [0.2, 0.25) is 0 Å². The molecular formula is C28H28F4N8O. The van der Waals surface area contributed by atoms with Crippen LogP contribution in [0.3, 0.4) is 0 Å². The molecule has 9 nitrogen and oxygen atoms in total. The first-order chi connectivity index (χ1) is 19.7. The second-order valence-electron chi connectivity index (χ2n) is 9.70. The van der Waals surface area contributed by atoms with Gasteiger partial charge in [-0.3, -0.25) is 9.69 Å². The van der Waals surface area contributed by atoms with Gasteiger partial charge < -0.3 is 15.5 Å². The largest absolute Gasteiger partial charge is 0.419 e. The summed E-state index contributed by atoms with van der Waals surface area (Å²) >= 11 is 0. The van der Waals surface area contributed by atoms with Crippen LogP contribution in [0, 0.1) is 5.82 Å². The van der Waals surface area contributed by atoms with Gasteiger partial charge in [-0.2, -0.15) is 28.5 Å². The first-order valence-electron chi connectivity index (χ1n) is 12.9. The predicted molar refractivity (Wildman–Crippen MR) is 147 cm³/mol. The maximum atomic E-state index is 14.9. The number of anilines is 2. The number of benzene rings is 2. The highest BCUT2D eigenvalue weighted by Gasteiger charge is 2.41. The lowest BCUT2D eigenvalue weighted by Gasteiger charge is -2.42. The van der Waals surface area contributed by atoms with Crippen molar-refractivity contribution in [1.29, 1.82) is 0 Å². The second kappa shape index (κ2) is 11.6. The minimum atomic E-state index is -4.86. The Balaban J connectivity index is 1.61. The molecule has 13 heteroatoms. The zero-order valence-corrected chi connectivity index (χ0v) is 22.4. The van der Waals surface area contributed by atoms with Crippen LogP contribution in [0.4, 0.5) is 28.9 Å². The summed E-state index contributed by atoms with van der Waals surface area (Å²) in [6.45, 7) is 1.57. The number of hydrogen-bond donors (Lipinski definition) is 2. The fourth-order valence-electron chi connectivity index (χ4n) is 5.01. The number of alkyl halides is 3. The van der Waals surface area contributed by atoms with E-state index in [2.05, 4.69) is 30.8 Å². The number of hydrogen-bond acceptors (Lipinski definition) is 7. The van der Waals surface area contributed by atoms with Gasteiger partial charge in [0.05, 0.1) is 35.0 Å². The first-order valence-corrected chi connectivity index (χ1v) is 12.9. The van der Waals surface area contributed by atoms with Crippen molar-refractivity contribution >= 4 is 17.3 Å². The quantitative estimate of drug-likeness (QED) is 0.325. The molecular weight excluding hydrogens is 540 g/mol. The average molecular weight is 569 g/mol. The van der Waals surface area contributed by atoms with Crippen molar-refractivity contribution in [1.82, 2.24) is 30.2 Å². The molecule has 2 aromatic carbocycles. The Morgan fingerprint density at radius 3 is 2.56 bits per heavy atom. The molecule has 0 radical (unpaired) electrons. The van der Waals surface area contributed by atoms with E-state index in [1.807, 2.05) is 7.05 Å². The van der Waals surface area contributed by atoms with Gasteiger partial charge in [-0.15, -0.1) is 0 Å². The van der Waals surface area contributed by atoms with Crippen molar-refractivity contribution in [3.8, 4) is 16.8 Å². The number of amides is 1. The van der Waals surface area contributed by atoms with Crippen molar-refractivity contribution in [2.24, 2.45) is 0 Å². The maximum Gasteiger partial charge on any atom is 0.419 e. The Bertz CT molecular complexity index is 1530. The van der Waals surface area contributed by atoms with Gasteiger partial charge in [0.15, 0.2) is 5.69 Å². The molecule has 4 aromatic rings. The highest BCUT2D eigenvalue weighted by atomic mass is 19.4. The number of carbonyl (C=O) groups is 1. The molecule has 1 aliphatic rings. The highest BCUT2D eigenvalue weighted by Crippen LogP contribution is 2.47. The number of likely N-dealkylation sites (N-methyl/N-ethyl adjacent to an activating group) is 2. The van der Waals surface area contributed by atoms with E-state index in [9.17, 15) is 22.4 Å². The summed E-state index contributed by atoms with van der Waals surface area (Å²) in [5.41, 5.74) is -1.20. The van der Waals surface area contributed by atoms with Crippen molar-refractivity contribution in [2.75, 3.05) is 50.5 Å². The predicted octanol–water partition coefficient (Wildman–Crippen LogP) is 4.08. The van der Waals surface area contributed by atoms with Gasteiger partial charge in [0.25, 0.3) is 5.91 Å². The normalized spacial score (nSPS) is 16.1. The lowest BCUT2D eigenvalue weighted by atomic mass is 9.94. The minimum absolute atomic E-state index is 0.00839. The molecule has 2 aromatic heterocycles. The van der Waals surface area contributed by atoms with Crippen molar-refractivity contribution in [3.63, 3.8) is 0 Å². The molecule has 41 heavy (non-hydrogen) atoms. The van der Waals surface area contributed by atoms with E-state index in [-0.39, 0.29) is 47.3 Å². The van der Waals surface area contributed by atoms with Gasteiger partial charge in [-0.25, -0.2) is 9.07 Å². The van der Waals surface area contributed by atoms with E-state index in [1.165, 1.54) is 59.7 Å². The molecule has 2 N–H and O–H groups in total. The molecule has 1 fully saturated rings. The van der Waals surface area contributed by atoms with E-state index in [0.29, 0.717) is 18.8 Å². The van der Waals surface area contributed by atoms with Crippen LogP contribution in [0.5, 0.6) is 0 Å². The summed E-state index contributed by atoms with van der Waals surface area (Å²) in [4.78, 5) is 17.0. The third kappa shape index (κ3) is 5.91. The molecule has 214 valence electrons. The maximum absolute atomic E-state index is 14.9. The van der Waals surface area contributed by atoms with Crippen molar-refractivity contribution in [3.05, 3.63) is 84.2 Å². The molecule has 5 rings (SSSR count). The molecule has 0 saturated carbocycles. The molecule has 0 bridgehead atoms. The van der Waals surface area contributed by atoms with Gasteiger partial charge in [0.2, 0.25) is 0 Å². The van der Waals surface area contributed by atoms with Crippen LogP contribution < -0.4 is 15.5 Å². The molecule has 3 heterocycles. The number of nitrogens with one attached hydrogen (secondary N) is 2. The lowest BCUT2D eigenvalue weighted by Crippen LogP contribution is -2.55. The standard InChI is InChI=1S/C28H28F4N8O/c1-33-15-19-17-39(14-13-38(19)2)26-23(36-27(41)24-10-12-40(37-24)18-9-11-34-35-16-18)8-7-21(25(26)28(30,31)32)20-5-3-4-6-22(20)29/h3-12,16,19,33H,13-15,17H2,1-2H3,(H,36,41)/t19-/m0/s1. The fraction of sp³-hybridized carbons (Fsp3) is 0.286. The van der Waals surface area contributed by atoms with E-state index in [4.69, 9.17) is 0 Å². The second-order valence-corrected chi connectivity index (χ2v) is 9.70. The van der Waals surface area contributed by atoms with Crippen molar-refractivity contribution in [2.45, 2.75) is 12.2 Å². The molecule has 1 atom stereocenters. The number of halogens is 4. The fourth-order valence-corrected chi connectivity index (χ4v) is 5.01. The summed E-state index contributed by atoms with van der Waals surface area (Å²) < 4.78 is 61.0. The summed E-state index contributed by atoms with van der Waals surface area (Å²) in [6, 6.07) is 10.9. The van der Waals surface area contributed by atoms with E-state index >= 15 is 0 Å². The summed E-state index contributed by atoms with van der Waals surface area (Å²) in [5.74, 6) is -1.47. The summed E-state index contributed by atoms with van der Waals surface area (Å²) in [6.07, 6.45) is -0.390. The Morgan fingerprint density at radius 1 is 1.05 bits per heavy atom. The number of carbonyl (C=O) groups excluding carboxylic acids is 1. The highest BCUT2D eigenvalue weighted by molar-refractivity contribution is 6.05. The zero-order chi connectivity index (χ0) is 29.1. The number of nitrogens with zero attached hydrogens (tertiary/aromatic N) is 6. The van der Waals surface area contributed by atoms with Crippen LogP contribution in [0.1, 0.15) is 16.1 Å². The molecule has 0 aliphatic carbocycles. The number of aromatic nitrogens is 4. The van der Waals surface area contributed by atoms with Crippen LogP contribution in [0.15, 0.2) is 67.1 Å². The average Bonchev–Trinajstić information content (AvgIpc) is 3.45. The van der Waals surface area contributed by atoms with Crippen LogP contribution in [0.25, 0.3) is 16.8 Å². The molecule has 1 aliphatic heterocycles. The molecule has 0 spiro atoms. The van der Waals surface area contributed by atoms with Gasteiger partial charge in [0.1, 0.15) is 5.82 Å². The van der Waals surface area contributed by atoms with Gasteiger partial charge in [-0.05, 0) is 43.9 Å².